The molecule has 0 radical (unpaired) electrons. The van der Waals surface area contributed by atoms with Gasteiger partial charge >= 0.3 is 0 Å². The maximum absolute atomic E-state index is 12.7. The number of nitrogens with zero attached hydrogens (tertiary/aromatic N) is 3. The fourth-order valence-corrected chi connectivity index (χ4v) is 3.85. The molecule has 2 aliphatic rings. The van der Waals surface area contributed by atoms with Crippen molar-refractivity contribution in [3.63, 3.8) is 0 Å². The van der Waals surface area contributed by atoms with Crippen LogP contribution >= 0.6 is 0 Å². The number of carbonyl (C=O) groups excluding carboxylic acids is 2. The molecule has 2 aromatic rings. The zero-order chi connectivity index (χ0) is 20.2. The number of amides is 2. The Morgan fingerprint density at radius 1 is 1.00 bits per heavy atom. The molecular weight excluding hydrogens is 370 g/mol. The van der Waals surface area contributed by atoms with Crippen LogP contribution in [0.1, 0.15) is 6.42 Å². The van der Waals surface area contributed by atoms with Crippen LogP contribution in [0.4, 0.5) is 11.4 Å². The van der Waals surface area contributed by atoms with Crippen molar-refractivity contribution in [1.29, 1.82) is 0 Å². The number of ether oxygens (including phenoxy) is 2. The first-order valence-electron chi connectivity index (χ1n) is 9.85. The van der Waals surface area contributed by atoms with Crippen molar-refractivity contribution in [2.75, 3.05) is 56.2 Å². The first kappa shape index (κ1) is 19.1. The summed E-state index contributed by atoms with van der Waals surface area (Å²) in [4.78, 5) is 30.8. The largest absolute Gasteiger partial charge is 0.495 e. The van der Waals surface area contributed by atoms with Gasteiger partial charge in [0.25, 0.3) is 5.91 Å². The lowest BCUT2D eigenvalue weighted by Gasteiger charge is -2.37. The van der Waals surface area contributed by atoms with Gasteiger partial charge < -0.3 is 24.2 Å². The van der Waals surface area contributed by atoms with Gasteiger partial charge in [-0.1, -0.05) is 24.3 Å². The first-order chi connectivity index (χ1) is 14.2. The van der Waals surface area contributed by atoms with Crippen molar-refractivity contribution in [3.8, 4) is 11.5 Å². The number of rotatable bonds is 5. The van der Waals surface area contributed by atoms with E-state index >= 15 is 0 Å². The predicted octanol–water partition coefficient (Wildman–Crippen LogP) is 2.16. The molecule has 2 amide bonds. The molecule has 0 aromatic heterocycles. The number of piperazine rings is 1. The second kappa shape index (κ2) is 8.43. The van der Waals surface area contributed by atoms with E-state index in [1.54, 1.807) is 12.0 Å². The quantitative estimate of drug-likeness (QED) is 0.776. The molecule has 0 atom stereocenters. The standard InChI is InChI=1S/C22H25N3O4/c1-28-19-8-4-2-6-17(19)23-12-14-24(15-13-23)21(26)10-11-25-18-7-3-5-9-20(18)29-16-22(25)27/h2-9H,10-16H2,1H3. The maximum Gasteiger partial charge on any atom is 0.265 e. The number of anilines is 2. The first-order valence-corrected chi connectivity index (χ1v) is 9.85. The van der Waals surface area contributed by atoms with Crippen molar-refractivity contribution in [1.82, 2.24) is 4.90 Å². The average Bonchev–Trinajstić information content (AvgIpc) is 2.78. The second-order valence-corrected chi connectivity index (χ2v) is 7.09. The van der Waals surface area contributed by atoms with Crippen molar-refractivity contribution in [2.24, 2.45) is 0 Å². The molecule has 2 aliphatic heterocycles. The lowest BCUT2D eigenvalue weighted by molar-refractivity contribution is -0.131. The maximum atomic E-state index is 12.7. The SMILES string of the molecule is COc1ccccc1N1CCN(C(=O)CCN2C(=O)COc3ccccc32)CC1. The zero-order valence-electron chi connectivity index (χ0n) is 16.5. The fourth-order valence-electron chi connectivity index (χ4n) is 3.85. The van der Waals surface area contributed by atoms with Gasteiger partial charge in [-0.3, -0.25) is 9.59 Å². The van der Waals surface area contributed by atoms with E-state index in [0.717, 1.165) is 30.2 Å². The van der Waals surface area contributed by atoms with E-state index < -0.39 is 0 Å². The zero-order valence-corrected chi connectivity index (χ0v) is 16.5. The summed E-state index contributed by atoms with van der Waals surface area (Å²) < 4.78 is 10.9. The number of methoxy groups -OCH3 is 1. The van der Waals surface area contributed by atoms with Gasteiger partial charge in [0.15, 0.2) is 6.61 Å². The number of hydrogen-bond donors (Lipinski definition) is 0. The summed E-state index contributed by atoms with van der Waals surface area (Å²) in [6.45, 7) is 3.21. The summed E-state index contributed by atoms with van der Waals surface area (Å²) in [5.41, 5.74) is 1.79. The summed E-state index contributed by atoms with van der Waals surface area (Å²) in [5, 5.41) is 0. The molecule has 0 N–H and O–H groups in total. The van der Waals surface area contributed by atoms with Crippen LogP contribution < -0.4 is 19.3 Å². The number of carbonyl (C=O) groups is 2. The lowest BCUT2D eigenvalue weighted by atomic mass is 10.2. The summed E-state index contributed by atoms with van der Waals surface area (Å²) in [5.74, 6) is 1.49. The molecule has 1 fully saturated rings. The highest BCUT2D eigenvalue weighted by Crippen LogP contribution is 2.32. The van der Waals surface area contributed by atoms with Crippen molar-refractivity contribution in [2.45, 2.75) is 6.42 Å². The molecule has 0 saturated carbocycles. The Bertz CT molecular complexity index is 893. The molecular formula is C22H25N3O4. The second-order valence-electron chi connectivity index (χ2n) is 7.09. The molecule has 0 bridgehead atoms. The third-order valence-electron chi connectivity index (χ3n) is 5.42. The van der Waals surface area contributed by atoms with Crippen LogP contribution in [0.3, 0.4) is 0 Å². The Labute approximate surface area is 170 Å². The molecule has 7 nitrogen and oxygen atoms in total. The van der Waals surface area contributed by atoms with E-state index in [2.05, 4.69) is 4.90 Å². The Morgan fingerprint density at radius 2 is 1.69 bits per heavy atom. The van der Waals surface area contributed by atoms with E-state index in [1.807, 2.05) is 53.4 Å². The van der Waals surface area contributed by atoms with Crippen molar-refractivity contribution < 1.29 is 19.1 Å². The molecule has 7 heteroatoms. The van der Waals surface area contributed by atoms with Crippen molar-refractivity contribution >= 4 is 23.2 Å². The van der Waals surface area contributed by atoms with Crippen LogP contribution in [0.15, 0.2) is 48.5 Å². The van der Waals surface area contributed by atoms with Gasteiger partial charge in [-0.25, -0.2) is 0 Å². The van der Waals surface area contributed by atoms with Crippen LogP contribution in [0.2, 0.25) is 0 Å². The topological polar surface area (TPSA) is 62.3 Å². The van der Waals surface area contributed by atoms with Crippen LogP contribution in [0.25, 0.3) is 0 Å². The van der Waals surface area contributed by atoms with Gasteiger partial charge in [0.1, 0.15) is 11.5 Å². The molecule has 0 spiro atoms. The summed E-state index contributed by atoms with van der Waals surface area (Å²) >= 11 is 0. The predicted molar refractivity (Wildman–Crippen MR) is 111 cm³/mol. The number of benzene rings is 2. The van der Waals surface area contributed by atoms with Crippen LogP contribution in [0.5, 0.6) is 11.5 Å². The molecule has 152 valence electrons. The van der Waals surface area contributed by atoms with Crippen LogP contribution in [-0.4, -0.2) is 63.2 Å². The monoisotopic (exact) mass is 395 g/mol. The molecule has 0 unspecified atom stereocenters. The van der Waals surface area contributed by atoms with Gasteiger partial charge in [-0.15, -0.1) is 0 Å². The van der Waals surface area contributed by atoms with E-state index in [9.17, 15) is 9.59 Å². The molecule has 2 heterocycles. The number of hydrogen-bond acceptors (Lipinski definition) is 5. The van der Waals surface area contributed by atoms with Gasteiger partial charge in [0.05, 0.1) is 18.5 Å². The third kappa shape index (κ3) is 3.99. The summed E-state index contributed by atoms with van der Waals surface area (Å²) in [6, 6.07) is 15.4. The van der Waals surface area contributed by atoms with E-state index in [4.69, 9.17) is 9.47 Å². The summed E-state index contributed by atoms with van der Waals surface area (Å²) in [6.07, 6.45) is 0.300. The van der Waals surface area contributed by atoms with Gasteiger partial charge in [-0.05, 0) is 24.3 Å². The minimum Gasteiger partial charge on any atom is -0.495 e. The Hall–Kier alpha value is -3.22. The fraction of sp³-hybridized carbons (Fsp3) is 0.364. The highest BCUT2D eigenvalue weighted by molar-refractivity contribution is 5.98. The Balaban J connectivity index is 1.33. The summed E-state index contributed by atoms with van der Waals surface area (Å²) in [7, 11) is 1.67. The van der Waals surface area contributed by atoms with E-state index in [-0.39, 0.29) is 18.4 Å². The highest BCUT2D eigenvalue weighted by Gasteiger charge is 2.27. The lowest BCUT2D eigenvalue weighted by Crippen LogP contribution is -2.49. The third-order valence-corrected chi connectivity index (χ3v) is 5.42. The molecule has 2 aromatic carbocycles. The minimum atomic E-state index is -0.113. The number of fused-ring (bicyclic) bond motifs is 1. The average molecular weight is 395 g/mol. The molecule has 29 heavy (non-hydrogen) atoms. The molecule has 1 saturated heterocycles. The van der Waals surface area contributed by atoms with Crippen molar-refractivity contribution in [3.05, 3.63) is 48.5 Å². The Morgan fingerprint density at radius 3 is 2.45 bits per heavy atom. The Kier molecular flexibility index (Phi) is 5.55. The smallest absolute Gasteiger partial charge is 0.265 e. The highest BCUT2D eigenvalue weighted by atomic mass is 16.5. The minimum absolute atomic E-state index is 0.0167. The normalized spacial score (nSPS) is 16.3. The van der Waals surface area contributed by atoms with Crippen LogP contribution in [0, 0.1) is 0 Å². The van der Waals surface area contributed by atoms with E-state index in [0.29, 0.717) is 31.8 Å². The van der Waals surface area contributed by atoms with Crippen LogP contribution in [-0.2, 0) is 9.59 Å². The van der Waals surface area contributed by atoms with Gasteiger partial charge in [0, 0.05) is 39.1 Å². The molecule has 0 aliphatic carbocycles. The number of para-hydroxylation sites is 4. The van der Waals surface area contributed by atoms with E-state index in [1.165, 1.54) is 0 Å². The van der Waals surface area contributed by atoms with Gasteiger partial charge in [0.2, 0.25) is 5.91 Å². The molecule has 4 rings (SSSR count). The van der Waals surface area contributed by atoms with Gasteiger partial charge in [-0.2, -0.15) is 0 Å².